The molecule has 2 rings (SSSR count). The molecule has 0 aliphatic heterocycles. The van der Waals surface area contributed by atoms with Crippen molar-refractivity contribution < 1.29 is 4.79 Å². The number of aromatic nitrogens is 2. The molecular formula is C21H30ClN5O3. The van der Waals surface area contributed by atoms with Crippen LogP contribution in [0.5, 0.6) is 0 Å². The first-order valence-corrected chi connectivity index (χ1v) is 10.5. The Bertz CT molecular complexity index is 1000. The van der Waals surface area contributed by atoms with E-state index in [4.69, 9.17) is 17.3 Å². The summed E-state index contributed by atoms with van der Waals surface area (Å²) in [4.78, 5) is 43.2. The number of hydrogen-bond acceptors (Lipinski definition) is 5. The second kappa shape index (κ2) is 10.4. The third-order valence-corrected chi connectivity index (χ3v) is 5.45. The zero-order valence-electron chi connectivity index (χ0n) is 17.9. The highest BCUT2D eigenvalue weighted by atomic mass is 35.5. The molecule has 1 aromatic heterocycles. The van der Waals surface area contributed by atoms with Crippen LogP contribution in [-0.4, -0.2) is 40.5 Å². The Balaban J connectivity index is 2.30. The Morgan fingerprint density at radius 1 is 1.30 bits per heavy atom. The lowest BCUT2D eigenvalue weighted by atomic mass is 10.1. The van der Waals surface area contributed by atoms with Crippen molar-refractivity contribution in [1.29, 1.82) is 0 Å². The number of likely N-dealkylation sites (N-methyl/N-ethyl adjacent to an activating group) is 2. The van der Waals surface area contributed by atoms with Gasteiger partial charge >= 0.3 is 5.69 Å². The van der Waals surface area contributed by atoms with E-state index in [0.29, 0.717) is 11.6 Å². The SMILES string of the molecule is CCCCn1c(N)c(N(CC)C(=O)CN(C)C(C)c2cccc(Cl)c2)c(=O)[nH]c1=O. The molecule has 0 saturated carbocycles. The maximum Gasteiger partial charge on any atom is 0.330 e. The summed E-state index contributed by atoms with van der Waals surface area (Å²) >= 11 is 6.08. The molecule has 9 heteroatoms. The van der Waals surface area contributed by atoms with E-state index in [0.717, 1.165) is 18.4 Å². The minimum absolute atomic E-state index is 0.0120. The van der Waals surface area contributed by atoms with E-state index in [1.807, 2.05) is 44.0 Å². The van der Waals surface area contributed by atoms with E-state index < -0.39 is 11.2 Å². The van der Waals surface area contributed by atoms with Gasteiger partial charge in [0.15, 0.2) is 5.69 Å². The fraction of sp³-hybridized carbons (Fsp3) is 0.476. The number of nitrogens with one attached hydrogen (secondary N) is 1. The molecule has 0 fully saturated rings. The van der Waals surface area contributed by atoms with E-state index in [1.165, 1.54) is 9.47 Å². The van der Waals surface area contributed by atoms with Gasteiger partial charge in [-0.2, -0.15) is 0 Å². The fourth-order valence-corrected chi connectivity index (χ4v) is 3.49. The van der Waals surface area contributed by atoms with Crippen molar-refractivity contribution in [3.63, 3.8) is 0 Å². The van der Waals surface area contributed by atoms with Gasteiger partial charge in [-0.3, -0.25) is 24.0 Å². The third kappa shape index (κ3) is 5.31. The van der Waals surface area contributed by atoms with Crippen LogP contribution in [0.2, 0.25) is 5.02 Å². The molecule has 1 aromatic carbocycles. The number of nitrogen functional groups attached to an aromatic ring is 1. The van der Waals surface area contributed by atoms with Crippen LogP contribution in [0.25, 0.3) is 0 Å². The smallest absolute Gasteiger partial charge is 0.330 e. The lowest BCUT2D eigenvalue weighted by Gasteiger charge is -2.29. The number of amides is 1. The minimum atomic E-state index is -0.661. The van der Waals surface area contributed by atoms with Crippen molar-refractivity contribution >= 4 is 29.0 Å². The molecule has 0 radical (unpaired) electrons. The highest BCUT2D eigenvalue weighted by molar-refractivity contribution is 6.30. The minimum Gasteiger partial charge on any atom is -0.383 e. The Morgan fingerprint density at radius 2 is 2.00 bits per heavy atom. The second-order valence-corrected chi connectivity index (χ2v) is 7.72. The highest BCUT2D eigenvalue weighted by Gasteiger charge is 2.25. The summed E-state index contributed by atoms with van der Waals surface area (Å²) in [6, 6.07) is 7.39. The van der Waals surface area contributed by atoms with Crippen molar-refractivity contribution in [2.24, 2.45) is 0 Å². The Labute approximate surface area is 181 Å². The van der Waals surface area contributed by atoms with Crippen LogP contribution in [0.4, 0.5) is 11.5 Å². The van der Waals surface area contributed by atoms with Crippen LogP contribution < -0.4 is 21.9 Å². The summed E-state index contributed by atoms with van der Waals surface area (Å²) < 4.78 is 1.31. The number of halogens is 1. The second-order valence-electron chi connectivity index (χ2n) is 7.28. The zero-order valence-corrected chi connectivity index (χ0v) is 18.7. The number of hydrogen-bond donors (Lipinski definition) is 2. The van der Waals surface area contributed by atoms with Crippen LogP contribution in [0.15, 0.2) is 33.9 Å². The number of anilines is 2. The largest absolute Gasteiger partial charge is 0.383 e. The number of nitrogens with two attached hydrogens (primary N) is 1. The normalized spacial score (nSPS) is 12.2. The fourth-order valence-electron chi connectivity index (χ4n) is 3.29. The monoisotopic (exact) mass is 435 g/mol. The van der Waals surface area contributed by atoms with Gasteiger partial charge in [0.25, 0.3) is 5.56 Å². The number of rotatable bonds is 9. The molecule has 0 aliphatic carbocycles. The molecule has 0 bridgehead atoms. The van der Waals surface area contributed by atoms with Gasteiger partial charge in [-0.05, 0) is 45.0 Å². The Hall–Kier alpha value is -2.58. The first-order chi connectivity index (χ1) is 14.2. The maximum atomic E-state index is 13.1. The highest BCUT2D eigenvalue weighted by Crippen LogP contribution is 2.23. The molecule has 1 amide bonds. The molecule has 0 spiro atoms. The quantitative estimate of drug-likeness (QED) is 0.630. The van der Waals surface area contributed by atoms with Crippen LogP contribution in [0.3, 0.4) is 0 Å². The molecule has 164 valence electrons. The lowest BCUT2D eigenvalue weighted by Crippen LogP contribution is -2.44. The molecule has 8 nitrogen and oxygen atoms in total. The summed E-state index contributed by atoms with van der Waals surface area (Å²) in [6.45, 7) is 6.42. The first kappa shape index (κ1) is 23.7. The average molecular weight is 436 g/mol. The summed E-state index contributed by atoms with van der Waals surface area (Å²) in [5, 5.41) is 0.628. The Kier molecular flexibility index (Phi) is 8.25. The molecule has 0 saturated heterocycles. The Morgan fingerprint density at radius 3 is 2.60 bits per heavy atom. The van der Waals surface area contributed by atoms with Crippen LogP contribution in [0.1, 0.15) is 45.2 Å². The summed E-state index contributed by atoms with van der Waals surface area (Å²) in [6.07, 6.45) is 1.60. The lowest BCUT2D eigenvalue weighted by molar-refractivity contribution is -0.119. The summed E-state index contributed by atoms with van der Waals surface area (Å²) in [5.74, 6) is -0.273. The van der Waals surface area contributed by atoms with Crippen molar-refractivity contribution in [3.8, 4) is 0 Å². The van der Waals surface area contributed by atoms with E-state index in [2.05, 4.69) is 4.98 Å². The number of unbranched alkanes of at least 4 members (excludes halogenated alkanes) is 1. The first-order valence-electron chi connectivity index (χ1n) is 10.1. The van der Waals surface area contributed by atoms with Crippen LogP contribution in [-0.2, 0) is 11.3 Å². The topological polar surface area (TPSA) is 104 Å². The van der Waals surface area contributed by atoms with Crippen molar-refractivity contribution in [1.82, 2.24) is 14.5 Å². The molecule has 2 aromatic rings. The summed E-state index contributed by atoms with van der Waals surface area (Å²) in [5.41, 5.74) is 5.93. The molecule has 0 aliphatic rings. The van der Waals surface area contributed by atoms with Gasteiger partial charge in [-0.25, -0.2) is 4.79 Å². The van der Waals surface area contributed by atoms with Gasteiger partial charge in [0.2, 0.25) is 5.91 Å². The molecular weight excluding hydrogens is 406 g/mol. The molecule has 1 heterocycles. The van der Waals surface area contributed by atoms with Crippen LogP contribution in [0, 0.1) is 0 Å². The van der Waals surface area contributed by atoms with Gasteiger partial charge in [0, 0.05) is 24.2 Å². The van der Waals surface area contributed by atoms with E-state index in [9.17, 15) is 14.4 Å². The number of aromatic amines is 1. The van der Waals surface area contributed by atoms with Crippen molar-refractivity contribution in [2.45, 2.75) is 46.2 Å². The molecule has 3 N–H and O–H groups in total. The maximum absolute atomic E-state index is 13.1. The number of carbonyl (C=O) groups excluding carboxylic acids is 1. The van der Waals surface area contributed by atoms with Crippen LogP contribution >= 0.6 is 11.6 Å². The predicted molar refractivity (Wildman–Crippen MR) is 121 cm³/mol. The molecule has 30 heavy (non-hydrogen) atoms. The van der Waals surface area contributed by atoms with Gasteiger partial charge in [-0.15, -0.1) is 0 Å². The zero-order chi connectivity index (χ0) is 22.4. The van der Waals surface area contributed by atoms with Gasteiger partial charge in [0.05, 0.1) is 6.54 Å². The van der Waals surface area contributed by atoms with Gasteiger partial charge in [0.1, 0.15) is 5.82 Å². The molecule has 1 atom stereocenters. The van der Waals surface area contributed by atoms with Crippen molar-refractivity contribution in [2.75, 3.05) is 30.8 Å². The number of carbonyl (C=O) groups is 1. The third-order valence-electron chi connectivity index (χ3n) is 5.21. The summed E-state index contributed by atoms with van der Waals surface area (Å²) in [7, 11) is 1.83. The average Bonchev–Trinajstić information content (AvgIpc) is 2.70. The number of benzene rings is 1. The standard InChI is InChI=1S/C21H30ClN5O3/c1-5-7-11-27-19(23)18(20(29)24-21(27)30)26(6-2)17(28)13-25(4)14(3)15-9-8-10-16(22)12-15/h8-10,12,14H,5-7,11,13,23H2,1-4H3,(H,24,29,30). The van der Waals surface area contributed by atoms with E-state index in [-0.39, 0.29) is 36.5 Å². The van der Waals surface area contributed by atoms with E-state index in [1.54, 1.807) is 13.0 Å². The van der Waals surface area contributed by atoms with Crippen molar-refractivity contribution in [3.05, 3.63) is 55.7 Å². The molecule has 1 unspecified atom stereocenters. The van der Waals surface area contributed by atoms with Gasteiger partial charge < -0.3 is 10.6 Å². The van der Waals surface area contributed by atoms with E-state index >= 15 is 0 Å². The number of nitrogens with zero attached hydrogens (tertiary/aromatic N) is 3. The predicted octanol–water partition coefficient (Wildman–Crippen LogP) is 2.62. The van der Waals surface area contributed by atoms with Gasteiger partial charge in [-0.1, -0.05) is 37.1 Å². The number of H-pyrrole nitrogens is 1.